The minimum absolute atomic E-state index is 0.0462. The van der Waals surface area contributed by atoms with E-state index in [1.54, 1.807) is 0 Å². The molecule has 2 rings (SSSR count). The van der Waals surface area contributed by atoms with Gasteiger partial charge in [-0.1, -0.05) is 37.3 Å². The monoisotopic (exact) mass is 228 g/mol. The first kappa shape index (κ1) is 12.1. The quantitative estimate of drug-likeness (QED) is 0.795. The molecule has 0 spiro atoms. The van der Waals surface area contributed by atoms with Crippen LogP contribution in [0.25, 0.3) is 0 Å². The van der Waals surface area contributed by atoms with Crippen LogP contribution in [0.15, 0.2) is 30.3 Å². The first-order chi connectivity index (χ1) is 8.29. The highest BCUT2D eigenvalue weighted by atomic mass is 15.2. The van der Waals surface area contributed by atoms with Crippen LogP contribution in [0.5, 0.6) is 0 Å². The summed E-state index contributed by atoms with van der Waals surface area (Å²) >= 11 is 0. The maximum atomic E-state index is 9.31. The third-order valence-corrected chi connectivity index (χ3v) is 3.68. The van der Waals surface area contributed by atoms with E-state index in [4.69, 9.17) is 0 Å². The molecule has 0 aliphatic carbocycles. The average molecular weight is 228 g/mol. The molecule has 0 aromatic heterocycles. The van der Waals surface area contributed by atoms with Crippen LogP contribution in [-0.4, -0.2) is 24.0 Å². The van der Waals surface area contributed by atoms with Gasteiger partial charge in [-0.3, -0.25) is 4.90 Å². The lowest BCUT2D eigenvalue weighted by Crippen LogP contribution is -2.41. The van der Waals surface area contributed by atoms with Crippen molar-refractivity contribution in [2.45, 2.75) is 32.2 Å². The maximum Gasteiger partial charge on any atom is 0.102 e. The molecule has 0 amide bonds. The van der Waals surface area contributed by atoms with Crippen LogP contribution in [0.3, 0.4) is 0 Å². The Morgan fingerprint density at radius 2 is 1.94 bits per heavy atom. The van der Waals surface area contributed by atoms with Crippen molar-refractivity contribution in [2.24, 2.45) is 5.92 Å². The number of rotatable bonds is 3. The second kappa shape index (κ2) is 5.84. The third-order valence-electron chi connectivity index (χ3n) is 3.68. The van der Waals surface area contributed by atoms with E-state index >= 15 is 0 Å². The normalized spacial score (nSPS) is 19.8. The lowest BCUT2D eigenvalue weighted by molar-refractivity contribution is 0.164. The van der Waals surface area contributed by atoms with Crippen molar-refractivity contribution < 1.29 is 0 Å². The van der Waals surface area contributed by atoms with Crippen molar-refractivity contribution in [1.82, 2.24) is 4.90 Å². The number of hydrogen-bond acceptors (Lipinski definition) is 2. The molecule has 2 nitrogen and oxygen atoms in total. The molecular formula is C15H20N2. The summed E-state index contributed by atoms with van der Waals surface area (Å²) in [5.41, 5.74) is 1.26. The predicted octanol–water partition coefficient (Wildman–Crippen LogP) is 2.85. The fraction of sp³-hybridized carbons (Fsp3) is 0.533. The van der Waals surface area contributed by atoms with Gasteiger partial charge in [0.2, 0.25) is 0 Å². The largest absolute Gasteiger partial charge is 0.288 e. The van der Waals surface area contributed by atoms with E-state index in [9.17, 15) is 5.26 Å². The minimum Gasteiger partial charge on any atom is -0.288 e. The van der Waals surface area contributed by atoms with Gasteiger partial charge < -0.3 is 0 Å². The predicted molar refractivity (Wildman–Crippen MR) is 69.5 cm³/mol. The zero-order valence-corrected chi connectivity index (χ0v) is 10.5. The van der Waals surface area contributed by atoms with Crippen molar-refractivity contribution >= 4 is 0 Å². The van der Waals surface area contributed by atoms with Gasteiger partial charge in [0.05, 0.1) is 6.07 Å². The zero-order valence-electron chi connectivity index (χ0n) is 10.5. The lowest BCUT2D eigenvalue weighted by Gasteiger charge is -2.33. The van der Waals surface area contributed by atoms with E-state index in [-0.39, 0.29) is 6.04 Å². The highest BCUT2D eigenvalue weighted by Gasteiger charge is 2.23. The van der Waals surface area contributed by atoms with Gasteiger partial charge in [-0.05, 0) is 37.4 Å². The van der Waals surface area contributed by atoms with Gasteiger partial charge in [0.1, 0.15) is 6.04 Å². The van der Waals surface area contributed by atoms with Crippen LogP contribution in [-0.2, 0) is 6.42 Å². The van der Waals surface area contributed by atoms with E-state index in [1.165, 1.54) is 18.4 Å². The molecule has 1 atom stereocenters. The van der Waals surface area contributed by atoms with Crippen molar-refractivity contribution in [3.8, 4) is 6.07 Å². The summed E-state index contributed by atoms with van der Waals surface area (Å²) in [4.78, 5) is 2.34. The Balaban J connectivity index is 1.96. The van der Waals surface area contributed by atoms with E-state index in [1.807, 2.05) is 18.2 Å². The fourth-order valence-electron chi connectivity index (χ4n) is 2.43. The summed E-state index contributed by atoms with van der Waals surface area (Å²) < 4.78 is 0. The van der Waals surface area contributed by atoms with E-state index in [2.05, 4.69) is 30.0 Å². The van der Waals surface area contributed by atoms with Crippen molar-refractivity contribution in [2.75, 3.05) is 13.1 Å². The Hall–Kier alpha value is -1.33. The number of benzene rings is 1. The molecule has 1 aromatic rings. The average Bonchev–Trinajstić information content (AvgIpc) is 2.38. The Kier molecular flexibility index (Phi) is 4.17. The standard InChI is InChI=1S/C15H20N2/c1-13-7-9-17(10-8-13)15(12-16)11-14-5-3-2-4-6-14/h2-6,13,15H,7-11H2,1H3. The molecule has 1 saturated heterocycles. The summed E-state index contributed by atoms with van der Waals surface area (Å²) in [5.74, 6) is 0.822. The topological polar surface area (TPSA) is 27.0 Å². The lowest BCUT2D eigenvalue weighted by atomic mass is 9.96. The van der Waals surface area contributed by atoms with E-state index in [0.29, 0.717) is 0 Å². The van der Waals surface area contributed by atoms with Gasteiger partial charge in [-0.2, -0.15) is 5.26 Å². The van der Waals surface area contributed by atoms with Crippen LogP contribution >= 0.6 is 0 Å². The molecule has 1 aromatic carbocycles. The Labute approximate surface area is 104 Å². The number of nitrogens with zero attached hydrogens (tertiary/aromatic N) is 2. The minimum atomic E-state index is 0.0462. The molecule has 1 unspecified atom stereocenters. The summed E-state index contributed by atoms with van der Waals surface area (Å²) in [5, 5.41) is 9.31. The number of nitriles is 1. The number of likely N-dealkylation sites (tertiary alicyclic amines) is 1. The van der Waals surface area contributed by atoms with Crippen LogP contribution in [0.4, 0.5) is 0 Å². The first-order valence-electron chi connectivity index (χ1n) is 6.47. The second-order valence-corrected chi connectivity index (χ2v) is 5.05. The molecule has 0 N–H and O–H groups in total. The van der Waals surface area contributed by atoms with Gasteiger partial charge in [0.15, 0.2) is 0 Å². The van der Waals surface area contributed by atoms with Crippen LogP contribution in [0, 0.1) is 17.2 Å². The molecular weight excluding hydrogens is 208 g/mol. The SMILES string of the molecule is CC1CCN(C(C#N)Cc2ccccc2)CC1. The second-order valence-electron chi connectivity index (χ2n) is 5.05. The smallest absolute Gasteiger partial charge is 0.102 e. The van der Waals surface area contributed by atoms with Crippen LogP contribution in [0.1, 0.15) is 25.3 Å². The molecule has 1 fully saturated rings. The van der Waals surface area contributed by atoms with Crippen molar-refractivity contribution in [1.29, 1.82) is 5.26 Å². The first-order valence-corrected chi connectivity index (χ1v) is 6.47. The molecule has 1 aliphatic heterocycles. The molecule has 90 valence electrons. The molecule has 1 aliphatic rings. The number of piperidine rings is 1. The Bertz CT molecular complexity index is 372. The summed E-state index contributed by atoms with van der Waals surface area (Å²) in [6.07, 6.45) is 3.31. The van der Waals surface area contributed by atoms with Crippen molar-refractivity contribution in [3.05, 3.63) is 35.9 Å². The Morgan fingerprint density at radius 1 is 1.29 bits per heavy atom. The van der Waals surface area contributed by atoms with Crippen LogP contribution < -0.4 is 0 Å². The van der Waals surface area contributed by atoms with Gasteiger partial charge in [-0.25, -0.2) is 0 Å². The molecule has 0 saturated carbocycles. The van der Waals surface area contributed by atoms with Gasteiger partial charge in [-0.15, -0.1) is 0 Å². The molecule has 2 heteroatoms. The van der Waals surface area contributed by atoms with E-state index in [0.717, 1.165) is 25.4 Å². The fourth-order valence-corrected chi connectivity index (χ4v) is 2.43. The highest BCUT2D eigenvalue weighted by Crippen LogP contribution is 2.19. The number of hydrogen-bond donors (Lipinski definition) is 0. The Morgan fingerprint density at radius 3 is 2.53 bits per heavy atom. The highest BCUT2D eigenvalue weighted by molar-refractivity contribution is 5.18. The molecule has 1 heterocycles. The maximum absolute atomic E-state index is 9.31. The zero-order chi connectivity index (χ0) is 12.1. The van der Waals surface area contributed by atoms with Crippen molar-refractivity contribution in [3.63, 3.8) is 0 Å². The third kappa shape index (κ3) is 3.31. The van der Waals surface area contributed by atoms with Crippen LogP contribution in [0.2, 0.25) is 0 Å². The summed E-state index contributed by atoms with van der Waals surface area (Å²) in [6.45, 7) is 4.45. The summed E-state index contributed by atoms with van der Waals surface area (Å²) in [7, 11) is 0. The molecule has 0 bridgehead atoms. The van der Waals surface area contributed by atoms with E-state index < -0.39 is 0 Å². The van der Waals surface area contributed by atoms with Gasteiger partial charge in [0, 0.05) is 6.42 Å². The molecule has 0 radical (unpaired) electrons. The van der Waals surface area contributed by atoms with Gasteiger partial charge in [0.25, 0.3) is 0 Å². The summed E-state index contributed by atoms with van der Waals surface area (Å²) in [6, 6.07) is 12.8. The van der Waals surface area contributed by atoms with Gasteiger partial charge >= 0.3 is 0 Å². The molecule has 17 heavy (non-hydrogen) atoms.